The van der Waals surface area contributed by atoms with Crippen LogP contribution in [0, 0.1) is 17.0 Å². The average molecular weight is 492 g/mol. The minimum Gasteiger partial charge on any atom is -0.372 e. The normalized spacial score (nSPS) is 18.5. The summed E-state index contributed by atoms with van der Waals surface area (Å²) in [5.41, 5.74) is 6.26. The van der Waals surface area contributed by atoms with Crippen LogP contribution in [-0.4, -0.2) is 53.9 Å². The van der Waals surface area contributed by atoms with Crippen molar-refractivity contribution in [3.8, 4) is 0 Å². The van der Waals surface area contributed by atoms with Gasteiger partial charge in [-0.1, -0.05) is 42.1 Å². The number of carbonyl (C=O) groups is 1. The Kier molecular flexibility index (Phi) is 8.24. The van der Waals surface area contributed by atoms with Crippen molar-refractivity contribution in [1.82, 2.24) is 10.1 Å². The van der Waals surface area contributed by atoms with Crippen LogP contribution in [0.25, 0.3) is 0 Å². The number of halogens is 2. The zero-order valence-electron chi connectivity index (χ0n) is 19.1. The summed E-state index contributed by atoms with van der Waals surface area (Å²) in [5.74, 6) is -1.95. The molecule has 1 aliphatic heterocycles. The maximum atomic E-state index is 14.7. The van der Waals surface area contributed by atoms with Gasteiger partial charge in [0.25, 0.3) is 5.91 Å². The van der Waals surface area contributed by atoms with Crippen LogP contribution in [0.3, 0.4) is 0 Å². The van der Waals surface area contributed by atoms with Crippen LogP contribution in [0.2, 0.25) is 0 Å². The monoisotopic (exact) mass is 491 g/mol. The number of carbonyl (C=O) groups excluding carboxylic acids is 1. The standard InChI is InChI=1S/C23H27F2N5O3S/c1-15(32-2)21(31)30-23(16-8-5-4-6-9-16,12-7-13-29(33-3)22(26)27)34-20(28-30)18-14-17(24)10-11-19(18)25/h4-6,8-11,14-15H,7,12-13H2,1-3H3,(H3,26,27)/t15-,23?/m0/s1. The van der Waals surface area contributed by atoms with E-state index in [0.717, 1.165) is 23.8 Å². The molecule has 1 heterocycles. The van der Waals surface area contributed by atoms with Crippen LogP contribution in [-0.2, 0) is 19.2 Å². The van der Waals surface area contributed by atoms with E-state index in [2.05, 4.69) is 5.10 Å². The summed E-state index contributed by atoms with van der Waals surface area (Å²) >= 11 is 1.17. The fraction of sp³-hybridized carbons (Fsp3) is 0.348. The molecule has 0 spiro atoms. The zero-order valence-corrected chi connectivity index (χ0v) is 19.9. The number of hydroxylamine groups is 2. The number of rotatable bonds is 9. The van der Waals surface area contributed by atoms with Crippen LogP contribution in [0.15, 0.2) is 53.6 Å². The van der Waals surface area contributed by atoms with Crippen LogP contribution >= 0.6 is 11.8 Å². The summed E-state index contributed by atoms with van der Waals surface area (Å²) in [7, 11) is 2.82. The molecule has 1 aliphatic rings. The molecule has 0 fully saturated rings. The summed E-state index contributed by atoms with van der Waals surface area (Å²) in [5, 5.41) is 14.8. The van der Waals surface area contributed by atoms with E-state index in [0.29, 0.717) is 12.8 Å². The molecule has 0 radical (unpaired) electrons. The first-order valence-electron chi connectivity index (χ1n) is 10.5. The summed E-state index contributed by atoms with van der Waals surface area (Å²) in [4.78, 5) is 17.4. The highest BCUT2D eigenvalue weighted by Gasteiger charge is 2.49. The second-order valence-corrected chi connectivity index (χ2v) is 8.85. The Bertz CT molecular complexity index is 1070. The Morgan fingerprint density at radius 2 is 1.97 bits per heavy atom. The van der Waals surface area contributed by atoms with E-state index in [1.807, 2.05) is 30.3 Å². The molecule has 0 aromatic heterocycles. The minimum absolute atomic E-state index is 0.0343. The van der Waals surface area contributed by atoms with Crippen molar-refractivity contribution in [2.24, 2.45) is 10.8 Å². The molecule has 0 aliphatic carbocycles. The van der Waals surface area contributed by atoms with Gasteiger partial charge in [0, 0.05) is 19.2 Å². The van der Waals surface area contributed by atoms with Crippen molar-refractivity contribution >= 4 is 28.7 Å². The van der Waals surface area contributed by atoms with Gasteiger partial charge in [0.1, 0.15) is 27.7 Å². The van der Waals surface area contributed by atoms with Crippen molar-refractivity contribution in [2.75, 3.05) is 20.8 Å². The van der Waals surface area contributed by atoms with Crippen LogP contribution in [0.1, 0.15) is 30.9 Å². The predicted molar refractivity (Wildman–Crippen MR) is 127 cm³/mol. The van der Waals surface area contributed by atoms with Gasteiger partial charge < -0.3 is 10.5 Å². The Hall–Kier alpha value is -3.02. The smallest absolute Gasteiger partial charge is 0.273 e. The number of benzene rings is 2. The molecule has 8 nitrogen and oxygen atoms in total. The van der Waals surface area contributed by atoms with Gasteiger partial charge in [0.05, 0.1) is 7.11 Å². The highest BCUT2D eigenvalue weighted by molar-refractivity contribution is 8.15. The largest absolute Gasteiger partial charge is 0.372 e. The molecule has 34 heavy (non-hydrogen) atoms. The number of guanidine groups is 1. The number of amides is 1. The van der Waals surface area contributed by atoms with Crippen LogP contribution in [0.5, 0.6) is 0 Å². The van der Waals surface area contributed by atoms with Gasteiger partial charge in [-0.3, -0.25) is 15.0 Å². The van der Waals surface area contributed by atoms with E-state index in [9.17, 15) is 13.6 Å². The molecule has 0 bridgehead atoms. The molecule has 2 atom stereocenters. The molecule has 1 unspecified atom stereocenters. The van der Waals surface area contributed by atoms with Gasteiger partial charge in [0.15, 0.2) is 0 Å². The third-order valence-corrected chi connectivity index (χ3v) is 6.90. The fourth-order valence-electron chi connectivity index (χ4n) is 3.62. The maximum absolute atomic E-state index is 14.7. The number of nitrogens with one attached hydrogen (secondary N) is 1. The molecule has 3 rings (SSSR count). The molecular weight excluding hydrogens is 464 g/mol. The maximum Gasteiger partial charge on any atom is 0.273 e. The molecule has 0 saturated carbocycles. The van der Waals surface area contributed by atoms with E-state index in [1.54, 1.807) is 6.92 Å². The number of nitrogens with two attached hydrogens (primary N) is 1. The highest BCUT2D eigenvalue weighted by Crippen LogP contribution is 2.51. The molecular formula is C23H27F2N5O3S. The van der Waals surface area contributed by atoms with Crippen LogP contribution in [0.4, 0.5) is 8.78 Å². The van der Waals surface area contributed by atoms with Crippen molar-refractivity contribution in [3.05, 3.63) is 71.3 Å². The predicted octanol–water partition coefficient (Wildman–Crippen LogP) is 3.63. The van der Waals surface area contributed by atoms with E-state index in [1.165, 1.54) is 36.1 Å². The number of nitrogens with zero attached hydrogens (tertiary/aromatic N) is 3. The molecule has 2 aromatic carbocycles. The molecule has 3 N–H and O–H groups in total. The number of hydrogen-bond acceptors (Lipinski definition) is 6. The van der Waals surface area contributed by atoms with E-state index in [4.69, 9.17) is 20.7 Å². The zero-order chi connectivity index (χ0) is 24.9. The third kappa shape index (κ3) is 5.21. The second-order valence-electron chi connectivity index (χ2n) is 7.58. The van der Waals surface area contributed by atoms with Gasteiger partial charge in [0.2, 0.25) is 5.96 Å². The summed E-state index contributed by atoms with van der Waals surface area (Å²) in [6, 6.07) is 12.3. The Morgan fingerprint density at radius 1 is 1.26 bits per heavy atom. The lowest BCUT2D eigenvalue weighted by Gasteiger charge is -2.37. The van der Waals surface area contributed by atoms with Crippen molar-refractivity contribution in [3.63, 3.8) is 0 Å². The molecule has 1 amide bonds. The highest BCUT2D eigenvalue weighted by atomic mass is 32.2. The quantitative estimate of drug-likeness (QED) is 0.315. The lowest BCUT2D eigenvalue weighted by atomic mass is 9.99. The summed E-state index contributed by atoms with van der Waals surface area (Å²) in [6.45, 7) is 1.87. The first-order chi connectivity index (χ1) is 16.2. The van der Waals surface area contributed by atoms with Crippen LogP contribution < -0.4 is 5.73 Å². The van der Waals surface area contributed by atoms with Gasteiger partial charge in [-0.25, -0.2) is 18.9 Å². The third-order valence-electron chi connectivity index (χ3n) is 5.46. The fourth-order valence-corrected chi connectivity index (χ4v) is 5.05. The Morgan fingerprint density at radius 3 is 2.59 bits per heavy atom. The first kappa shape index (κ1) is 25.6. The van der Waals surface area contributed by atoms with Crippen molar-refractivity contribution < 1.29 is 23.1 Å². The van der Waals surface area contributed by atoms with E-state index in [-0.39, 0.29) is 23.1 Å². The number of hydrogen-bond donors (Lipinski definition) is 2. The summed E-state index contributed by atoms with van der Waals surface area (Å²) in [6.07, 6.45) is -0.0349. The number of thioether (sulfide) groups is 1. The van der Waals surface area contributed by atoms with Gasteiger partial charge in [-0.15, -0.1) is 0 Å². The lowest BCUT2D eigenvalue weighted by Crippen LogP contribution is -2.46. The van der Waals surface area contributed by atoms with Gasteiger partial charge >= 0.3 is 0 Å². The SMILES string of the molecule is CO[C@@H](C)C(=O)N1N=C(c2cc(F)ccc2F)SC1(CCCN(OC)C(=N)N)c1ccccc1. The molecule has 2 aromatic rings. The van der Waals surface area contributed by atoms with E-state index >= 15 is 0 Å². The van der Waals surface area contributed by atoms with Gasteiger partial charge in [-0.05, 0) is 43.5 Å². The Balaban J connectivity index is 2.08. The Labute approximate surface area is 201 Å². The number of ether oxygens (including phenoxy) is 1. The number of hydrazone groups is 1. The summed E-state index contributed by atoms with van der Waals surface area (Å²) < 4.78 is 33.9. The number of methoxy groups -OCH3 is 1. The van der Waals surface area contributed by atoms with Crippen molar-refractivity contribution in [1.29, 1.82) is 5.41 Å². The molecule has 11 heteroatoms. The first-order valence-corrected chi connectivity index (χ1v) is 11.4. The topological polar surface area (TPSA) is 104 Å². The molecule has 182 valence electrons. The second kappa shape index (κ2) is 10.9. The minimum atomic E-state index is -1.07. The lowest BCUT2D eigenvalue weighted by molar-refractivity contribution is -0.145. The van der Waals surface area contributed by atoms with Crippen molar-refractivity contribution in [2.45, 2.75) is 30.7 Å². The molecule has 0 saturated heterocycles. The van der Waals surface area contributed by atoms with Gasteiger partial charge in [-0.2, -0.15) is 5.10 Å². The average Bonchev–Trinajstić information content (AvgIpc) is 3.23. The van der Waals surface area contributed by atoms with E-state index < -0.39 is 28.5 Å².